The molecule has 0 saturated heterocycles. The second kappa shape index (κ2) is 5.15. The molecule has 1 unspecified atom stereocenters. The Balaban J connectivity index is 2.52. The fourth-order valence-electron chi connectivity index (χ4n) is 2.14. The number of rotatable bonds is 2. The molecule has 0 aromatic heterocycles. The van der Waals surface area contributed by atoms with Crippen molar-refractivity contribution in [1.82, 2.24) is 0 Å². The molecule has 0 amide bonds. The highest BCUT2D eigenvalue weighted by Gasteiger charge is 2.21. The van der Waals surface area contributed by atoms with Crippen molar-refractivity contribution < 1.29 is 14.6 Å². The largest absolute Gasteiger partial charge is 0.489 e. The summed E-state index contributed by atoms with van der Waals surface area (Å²) in [5, 5.41) is 9.90. The smallest absolute Gasteiger partial charge is 0.164 e. The monoisotopic (exact) mass is 256 g/mol. The lowest BCUT2D eigenvalue weighted by Gasteiger charge is -2.19. The topological polar surface area (TPSA) is 38.7 Å². The molecule has 1 atom stereocenters. The first-order valence-corrected chi connectivity index (χ1v) is 6.22. The molecule has 4 heteroatoms. The van der Waals surface area contributed by atoms with Gasteiger partial charge in [0.15, 0.2) is 11.5 Å². The highest BCUT2D eigenvalue weighted by Crippen LogP contribution is 2.41. The Bertz CT molecular complexity index is 418. The van der Waals surface area contributed by atoms with Gasteiger partial charge < -0.3 is 14.6 Å². The lowest BCUT2D eigenvalue weighted by molar-refractivity contribution is 0.272. The van der Waals surface area contributed by atoms with E-state index in [1.165, 1.54) is 0 Å². The Labute approximate surface area is 106 Å². The summed E-state index contributed by atoms with van der Waals surface area (Å²) in [5.41, 5.74) is 1.91. The third-order valence-corrected chi connectivity index (χ3v) is 3.36. The fraction of sp³-hybridized carbons (Fsp3) is 0.538. The van der Waals surface area contributed by atoms with Gasteiger partial charge in [-0.1, -0.05) is 18.5 Å². The van der Waals surface area contributed by atoms with E-state index in [9.17, 15) is 5.11 Å². The van der Waals surface area contributed by atoms with Gasteiger partial charge in [0, 0.05) is 30.0 Å². The van der Waals surface area contributed by atoms with Gasteiger partial charge >= 0.3 is 0 Å². The van der Waals surface area contributed by atoms with Gasteiger partial charge in [-0.15, -0.1) is 0 Å². The van der Waals surface area contributed by atoms with Crippen LogP contribution in [0, 0.1) is 6.92 Å². The lowest BCUT2D eigenvalue weighted by atomic mass is 9.96. The normalized spacial score (nSPS) is 16.5. The van der Waals surface area contributed by atoms with Gasteiger partial charge in [0.05, 0.1) is 13.2 Å². The number of aliphatic hydroxyl groups is 1. The molecule has 1 aromatic carbocycles. The fourth-order valence-corrected chi connectivity index (χ4v) is 2.57. The molecule has 1 N–H and O–H groups in total. The van der Waals surface area contributed by atoms with Crippen molar-refractivity contribution in [3.05, 3.63) is 22.2 Å². The minimum absolute atomic E-state index is 0.000321. The van der Waals surface area contributed by atoms with E-state index in [2.05, 4.69) is 0 Å². The van der Waals surface area contributed by atoms with Crippen LogP contribution >= 0.6 is 11.6 Å². The molecule has 0 bridgehead atoms. The van der Waals surface area contributed by atoms with Gasteiger partial charge in [-0.2, -0.15) is 0 Å². The summed E-state index contributed by atoms with van der Waals surface area (Å²) >= 11 is 6.25. The Kier molecular flexibility index (Phi) is 3.79. The molecular weight excluding hydrogens is 240 g/mol. The Morgan fingerprint density at radius 3 is 2.82 bits per heavy atom. The molecule has 94 valence electrons. The van der Waals surface area contributed by atoms with Crippen LogP contribution in [0.4, 0.5) is 0 Å². The first kappa shape index (κ1) is 12.5. The zero-order chi connectivity index (χ0) is 12.4. The van der Waals surface area contributed by atoms with Crippen LogP contribution < -0.4 is 9.47 Å². The predicted octanol–water partition coefficient (Wildman–Crippen LogP) is 2.91. The minimum Gasteiger partial charge on any atom is -0.489 e. The maximum Gasteiger partial charge on any atom is 0.164 e. The zero-order valence-corrected chi connectivity index (χ0v) is 10.9. The van der Waals surface area contributed by atoms with Crippen LogP contribution in [0.3, 0.4) is 0 Å². The minimum atomic E-state index is -0.000321. The molecule has 2 rings (SSSR count). The molecule has 0 spiro atoms. The number of halogens is 1. The van der Waals surface area contributed by atoms with E-state index in [4.69, 9.17) is 21.1 Å². The number of hydrogen-bond donors (Lipinski definition) is 1. The van der Waals surface area contributed by atoms with Crippen LogP contribution in [0.2, 0.25) is 5.02 Å². The molecule has 0 aliphatic carbocycles. The Hall–Kier alpha value is -0.930. The van der Waals surface area contributed by atoms with Crippen molar-refractivity contribution in [2.75, 3.05) is 19.8 Å². The Morgan fingerprint density at radius 2 is 2.12 bits per heavy atom. The van der Waals surface area contributed by atoms with Crippen LogP contribution in [-0.2, 0) is 0 Å². The van der Waals surface area contributed by atoms with E-state index in [0.29, 0.717) is 24.0 Å². The first-order valence-electron chi connectivity index (χ1n) is 5.84. The number of hydrogen-bond acceptors (Lipinski definition) is 3. The zero-order valence-electron chi connectivity index (χ0n) is 10.1. The van der Waals surface area contributed by atoms with E-state index < -0.39 is 0 Å². The number of fused-ring (bicyclic) bond motifs is 1. The van der Waals surface area contributed by atoms with Gasteiger partial charge in [0.25, 0.3) is 0 Å². The van der Waals surface area contributed by atoms with Gasteiger partial charge in [-0.3, -0.25) is 0 Å². The second-order valence-corrected chi connectivity index (χ2v) is 4.77. The van der Waals surface area contributed by atoms with E-state index in [-0.39, 0.29) is 12.5 Å². The highest BCUT2D eigenvalue weighted by molar-refractivity contribution is 6.31. The maximum atomic E-state index is 9.27. The molecule has 0 fully saturated rings. The van der Waals surface area contributed by atoms with Crippen molar-refractivity contribution in [2.45, 2.75) is 26.2 Å². The van der Waals surface area contributed by atoms with Crippen molar-refractivity contribution in [3.63, 3.8) is 0 Å². The van der Waals surface area contributed by atoms with Gasteiger partial charge in [-0.05, 0) is 18.1 Å². The van der Waals surface area contributed by atoms with Crippen LogP contribution in [0.5, 0.6) is 11.5 Å². The number of ether oxygens (including phenoxy) is 2. The molecule has 17 heavy (non-hydrogen) atoms. The van der Waals surface area contributed by atoms with E-state index in [0.717, 1.165) is 23.3 Å². The average Bonchev–Trinajstić information content (AvgIpc) is 2.54. The summed E-state index contributed by atoms with van der Waals surface area (Å²) in [6, 6.07) is 1.79. The molecular formula is C13H17ClO3. The first-order chi connectivity index (χ1) is 8.15. The third-order valence-electron chi connectivity index (χ3n) is 3.04. The predicted molar refractivity (Wildman–Crippen MR) is 67.3 cm³/mol. The van der Waals surface area contributed by atoms with E-state index in [1.807, 2.05) is 13.8 Å². The average molecular weight is 257 g/mol. The molecule has 1 heterocycles. The SMILES string of the molecule is Cc1c2c(cc(Cl)c1C(C)CO)OCCCO2. The molecule has 1 aliphatic rings. The van der Waals surface area contributed by atoms with Crippen molar-refractivity contribution in [2.24, 2.45) is 0 Å². The van der Waals surface area contributed by atoms with Gasteiger partial charge in [0.2, 0.25) is 0 Å². The molecule has 0 saturated carbocycles. The summed E-state index contributed by atoms with van der Waals surface area (Å²) in [7, 11) is 0. The van der Waals surface area contributed by atoms with Crippen LogP contribution in [-0.4, -0.2) is 24.9 Å². The standard InChI is InChI=1S/C13H17ClO3/c1-8(7-15)12-9(2)13-11(6-10(12)14)16-4-3-5-17-13/h6,8,15H,3-5,7H2,1-2H3. The van der Waals surface area contributed by atoms with Gasteiger partial charge in [0.1, 0.15) is 0 Å². The molecule has 1 aliphatic heterocycles. The molecule has 0 radical (unpaired) electrons. The quantitative estimate of drug-likeness (QED) is 0.884. The van der Waals surface area contributed by atoms with Crippen molar-refractivity contribution >= 4 is 11.6 Å². The van der Waals surface area contributed by atoms with E-state index in [1.54, 1.807) is 6.07 Å². The molecule has 1 aromatic rings. The van der Waals surface area contributed by atoms with Crippen molar-refractivity contribution in [1.29, 1.82) is 0 Å². The summed E-state index contributed by atoms with van der Waals surface area (Å²) in [6.07, 6.45) is 0.872. The Morgan fingerprint density at radius 1 is 1.41 bits per heavy atom. The van der Waals surface area contributed by atoms with Crippen LogP contribution in [0.1, 0.15) is 30.4 Å². The lowest BCUT2D eigenvalue weighted by Crippen LogP contribution is -2.05. The van der Waals surface area contributed by atoms with Crippen LogP contribution in [0.15, 0.2) is 6.07 Å². The second-order valence-electron chi connectivity index (χ2n) is 4.36. The van der Waals surface area contributed by atoms with Crippen molar-refractivity contribution in [3.8, 4) is 11.5 Å². The summed E-state index contributed by atoms with van der Waals surface area (Å²) < 4.78 is 11.3. The third kappa shape index (κ3) is 2.35. The van der Waals surface area contributed by atoms with E-state index >= 15 is 0 Å². The van der Waals surface area contributed by atoms with Crippen LogP contribution in [0.25, 0.3) is 0 Å². The summed E-state index contributed by atoms with van der Waals surface area (Å²) in [4.78, 5) is 0. The van der Waals surface area contributed by atoms with Gasteiger partial charge in [-0.25, -0.2) is 0 Å². The highest BCUT2D eigenvalue weighted by atomic mass is 35.5. The maximum absolute atomic E-state index is 9.27. The number of aliphatic hydroxyl groups excluding tert-OH is 1. The molecule has 3 nitrogen and oxygen atoms in total. The summed E-state index contributed by atoms with van der Waals surface area (Å²) in [5.74, 6) is 1.47. The summed E-state index contributed by atoms with van der Waals surface area (Å²) in [6.45, 7) is 5.28. The number of benzene rings is 1.